The standard InChI is InChI=1S/C53H61ClF2N8O6/c1-31-44-42(29-39(55)47(54)46(44)45-38(49(57)66)18-19-41(69-4)48(45)56)70-53(31,35-10-6-5-7-11-35)30-58-36-15-12-33(13-16-36)51(67)61(2)23-8-9-24-63-25-20-32(21-26-63)34-14-17-37-40(28-34)62(3)60-50(37)64-27-22-43(65)59-52(64)68/h5-7,10-11,14,17-19,28-29,31-33,36,58H,8-9,12-13,15-16,20-27,30H2,1-4H3,(H2,57,66)(H,59,65,68). The van der Waals surface area contributed by atoms with E-state index in [1.807, 2.05) is 60.9 Å². The van der Waals surface area contributed by atoms with E-state index in [0.717, 1.165) is 87.5 Å². The molecule has 4 N–H and O–H groups in total. The van der Waals surface area contributed by atoms with Crippen molar-refractivity contribution in [3.8, 4) is 22.6 Å². The van der Waals surface area contributed by atoms with Gasteiger partial charge in [-0.25, -0.2) is 13.6 Å². The van der Waals surface area contributed by atoms with E-state index in [2.05, 4.69) is 38.8 Å². The van der Waals surface area contributed by atoms with Crippen molar-refractivity contribution in [1.82, 2.24) is 30.2 Å². The van der Waals surface area contributed by atoms with Gasteiger partial charge in [-0.1, -0.05) is 54.9 Å². The monoisotopic (exact) mass is 978 g/mol. The lowest BCUT2D eigenvalue weighted by molar-refractivity contribution is -0.135. The smallest absolute Gasteiger partial charge is 0.329 e. The predicted molar refractivity (Wildman–Crippen MR) is 264 cm³/mol. The van der Waals surface area contributed by atoms with E-state index in [-0.39, 0.29) is 63.4 Å². The molecule has 5 aromatic rings. The highest BCUT2D eigenvalue weighted by Crippen LogP contribution is 2.56. The van der Waals surface area contributed by atoms with Crippen LogP contribution in [0.4, 0.5) is 19.4 Å². The number of halogens is 3. The van der Waals surface area contributed by atoms with Gasteiger partial charge in [0.25, 0.3) is 0 Å². The summed E-state index contributed by atoms with van der Waals surface area (Å²) in [5.41, 5.74) is 7.77. The number of primary amides is 1. The number of urea groups is 1. The molecule has 2 unspecified atom stereocenters. The molecule has 9 rings (SSSR count). The Bertz CT molecular complexity index is 2810. The Labute approximate surface area is 411 Å². The SMILES string of the molecule is COc1ccc(C(N)=O)c(-c2c(Cl)c(F)cc3c2C(C)C(CNC2CCC(C(=O)N(C)CCCCN4CCC(c5ccc6c(N7CCC(=O)NC7=O)nn(C)c6c5)CC4)CC2)(c2ccccc2)O3)c1F. The first-order valence-electron chi connectivity index (χ1n) is 24.4. The van der Waals surface area contributed by atoms with Gasteiger partial charge in [0.1, 0.15) is 11.6 Å². The molecular formula is C53H61ClF2N8O6. The first kappa shape index (κ1) is 48.9. The number of ether oxygens (including phenoxy) is 2. The van der Waals surface area contributed by atoms with Crippen LogP contribution in [-0.4, -0.2) is 103 Å². The van der Waals surface area contributed by atoms with Gasteiger partial charge < -0.3 is 30.3 Å². The van der Waals surface area contributed by atoms with E-state index in [4.69, 9.17) is 26.8 Å². The number of carbonyl (C=O) groups is 4. The van der Waals surface area contributed by atoms with Crippen molar-refractivity contribution < 1.29 is 37.4 Å². The van der Waals surface area contributed by atoms with Crippen LogP contribution < -0.4 is 30.7 Å². The maximum absolute atomic E-state index is 16.2. The third-order valence-corrected chi connectivity index (χ3v) is 15.7. The number of aromatic nitrogens is 2. The number of methoxy groups -OCH3 is 1. The molecule has 1 saturated carbocycles. The summed E-state index contributed by atoms with van der Waals surface area (Å²) < 4.78 is 45.8. The van der Waals surface area contributed by atoms with Gasteiger partial charge in [-0.15, -0.1) is 0 Å². The van der Waals surface area contributed by atoms with Crippen molar-refractivity contribution in [2.45, 2.75) is 88.2 Å². The number of likely N-dealkylation sites (tertiary alicyclic amines) is 1. The van der Waals surface area contributed by atoms with E-state index < -0.39 is 35.1 Å². The lowest BCUT2D eigenvalue weighted by Gasteiger charge is -2.37. The number of nitrogens with one attached hydrogen (secondary N) is 2. The fourth-order valence-corrected chi connectivity index (χ4v) is 11.5. The van der Waals surface area contributed by atoms with Crippen LogP contribution >= 0.6 is 11.6 Å². The predicted octanol–water partition coefficient (Wildman–Crippen LogP) is 8.38. The number of fused-ring (bicyclic) bond motifs is 2. The van der Waals surface area contributed by atoms with Gasteiger partial charge in [0.2, 0.25) is 17.7 Å². The molecular weight excluding hydrogens is 918 g/mol. The fourth-order valence-electron chi connectivity index (χ4n) is 11.3. The number of nitrogens with zero attached hydrogens (tertiary/aromatic N) is 5. The number of hydrogen-bond donors (Lipinski definition) is 3. The molecule has 0 radical (unpaired) electrons. The Kier molecular flexibility index (Phi) is 14.2. The molecule has 3 fully saturated rings. The Hall–Kier alpha value is -6.10. The number of hydrogen-bond acceptors (Lipinski definition) is 9. The van der Waals surface area contributed by atoms with Crippen molar-refractivity contribution in [3.63, 3.8) is 0 Å². The Balaban J connectivity index is 0.763. The highest BCUT2D eigenvalue weighted by Gasteiger charge is 2.50. The maximum atomic E-state index is 16.2. The van der Waals surface area contributed by atoms with Crippen molar-refractivity contribution >= 4 is 52.1 Å². The zero-order valence-corrected chi connectivity index (χ0v) is 40.9. The first-order valence-corrected chi connectivity index (χ1v) is 24.8. The second-order valence-corrected chi connectivity index (χ2v) is 19.8. The minimum atomic E-state index is -1.07. The van der Waals surface area contributed by atoms with E-state index in [1.54, 1.807) is 0 Å². The lowest BCUT2D eigenvalue weighted by atomic mass is 9.77. The van der Waals surface area contributed by atoms with Crippen molar-refractivity contribution in [2.75, 3.05) is 58.3 Å². The molecule has 4 aliphatic rings. The number of carbonyl (C=O) groups excluding carboxylic acids is 4. The van der Waals surface area contributed by atoms with Crippen molar-refractivity contribution in [1.29, 1.82) is 0 Å². The lowest BCUT2D eigenvalue weighted by Crippen LogP contribution is -2.49. The molecule has 1 aromatic heterocycles. The van der Waals surface area contributed by atoms with E-state index in [9.17, 15) is 19.2 Å². The number of aryl methyl sites for hydroxylation is 1. The van der Waals surface area contributed by atoms with Gasteiger partial charge in [-0.05, 0) is 112 Å². The maximum Gasteiger partial charge on any atom is 0.329 e. The number of benzene rings is 4. The van der Waals surface area contributed by atoms with Crippen LogP contribution in [0.1, 0.15) is 104 Å². The van der Waals surface area contributed by atoms with Gasteiger partial charge in [-0.3, -0.25) is 29.3 Å². The quantitative estimate of drug-likeness (QED) is 0.0875. The number of unbranched alkanes of at least 4 members (excludes halogenated alkanes) is 1. The zero-order valence-electron chi connectivity index (χ0n) is 40.2. The minimum absolute atomic E-state index is 0.00312. The molecule has 2 saturated heterocycles. The second kappa shape index (κ2) is 20.3. The van der Waals surface area contributed by atoms with Gasteiger partial charge in [0.05, 0.1) is 23.2 Å². The molecule has 0 bridgehead atoms. The highest BCUT2D eigenvalue weighted by atomic mass is 35.5. The molecule has 2 atom stereocenters. The van der Waals surface area contributed by atoms with Gasteiger partial charge in [-0.2, -0.15) is 5.10 Å². The zero-order chi connectivity index (χ0) is 49.4. The van der Waals surface area contributed by atoms with E-state index in [1.165, 1.54) is 35.8 Å². The molecule has 0 spiro atoms. The normalized spacial score (nSPS) is 21.9. The van der Waals surface area contributed by atoms with Crippen LogP contribution in [-0.2, 0) is 22.2 Å². The largest absolute Gasteiger partial charge is 0.494 e. The summed E-state index contributed by atoms with van der Waals surface area (Å²) >= 11 is 6.69. The van der Waals surface area contributed by atoms with Crippen LogP contribution in [0.2, 0.25) is 5.02 Å². The summed E-state index contributed by atoms with van der Waals surface area (Å²) in [5.74, 6) is -2.23. The number of anilines is 1. The molecule has 4 aromatic carbocycles. The first-order chi connectivity index (χ1) is 33.7. The number of imide groups is 1. The second-order valence-electron chi connectivity index (χ2n) is 19.4. The fraction of sp³-hybridized carbons (Fsp3) is 0.453. The number of amides is 5. The third-order valence-electron chi connectivity index (χ3n) is 15.3. The molecule has 370 valence electrons. The average molecular weight is 980 g/mol. The van der Waals surface area contributed by atoms with Crippen LogP contribution in [0, 0.1) is 17.6 Å². The molecule has 3 aliphatic heterocycles. The summed E-state index contributed by atoms with van der Waals surface area (Å²) in [7, 11) is 5.10. The van der Waals surface area contributed by atoms with Gasteiger partial charge >= 0.3 is 6.03 Å². The summed E-state index contributed by atoms with van der Waals surface area (Å²) in [6.45, 7) is 6.28. The Morgan fingerprint density at radius 2 is 1.73 bits per heavy atom. The summed E-state index contributed by atoms with van der Waals surface area (Å²) in [5, 5.41) is 11.3. The van der Waals surface area contributed by atoms with Crippen LogP contribution in [0.25, 0.3) is 22.0 Å². The van der Waals surface area contributed by atoms with Gasteiger partial charge in [0, 0.05) is 86.2 Å². The van der Waals surface area contributed by atoms with E-state index >= 15 is 8.78 Å². The number of piperidine rings is 1. The third kappa shape index (κ3) is 9.33. The van der Waals surface area contributed by atoms with Crippen molar-refractivity contribution in [2.24, 2.45) is 18.7 Å². The Morgan fingerprint density at radius 3 is 2.43 bits per heavy atom. The summed E-state index contributed by atoms with van der Waals surface area (Å²) in [6.07, 6.45) is 7.34. The molecule has 17 heteroatoms. The average Bonchev–Trinajstić information content (AvgIpc) is 3.84. The highest BCUT2D eigenvalue weighted by molar-refractivity contribution is 6.34. The summed E-state index contributed by atoms with van der Waals surface area (Å²) in [6, 6.07) is 19.5. The van der Waals surface area contributed by atoms with Crippen LogP contribution in [0.5, 0.6) is 11.5 Å². The molecule has 14 nitrogen and oxygen atoms in total. The number of rotatable bonds is 15. The minimum Gasteiger partial charge on any atom is -0.494 e. The van der Waals surface area contributed by atoms with Crippen LogP contribution in [0.3, 0.4) is 0 Å². The topological polar surface area (TPSA) is 164 Å². The molecule has 70 heavy (non-hydrogen) atoms. The van der Waals surface area contributed by atoms with Gasteiger partial charge in [0.15, 0.2) is 23.0 Å². The Morgan fingerprint density at radius 1 is 0.986 bits per heavy atom. The van der Waals surface area contributed by atoms with Crippen molar-refractivity contribution in [3.05, 3.63) is 106 Å². The summed E-state index contributed by atoms with van der Waals surface area (Å²) in [4.78, 5) is 56.6. The van der Waals surface area contributed by atoms with Crippen LogP contribution in [0.15, 0.2) is 66.7 Å². The molecule has 1 aliphatic carbocycles. The molecule has 5 amide bonds. The molecule has 4 heterocycles. The van der Waals surface area contributed by atoms with E-state index in [0.29, 0.717) is 36.9 Å². The number of nitrogens with two attached hydrogens (primary N) is 1.